The summed E-state index contributed by atoms with van der Waals surface area (Å²) in [5, 5.41) is 11.9. The van der Waals surface area contributed by atoms with Gasteiger partial charge in [-0.25, -0.2) is 9.37 Å². The van der Waals surface area contributed by atoms with E-state index in [9.17, 15) is 14.0 Å². The van der Waals surface area contributed by atoms with Crippen molar-refractivity contribution in [2.45, 2.75) is 32.2 Å². The Hall–Kier alpha value is -3.55. The van der Waals surface area contributed by atoms with Gasteiger partial charge in [0.1, 0.15) is 17.7 Å². The van der Waals surface area contributed by atoms with Crippen LogP contribution in [0, 0.1) is 12.7 Å². The zero-order chi connectivity index (χ0) is 20.4. The van der Waals surface area contributed by atoms with Crippen molar-refractivity contribution < 1.29 is 14.0 Å². The normalized spacial score (nSPS) is 15.9. The highest BCUT2D eigenvalue weighted by molar-refractivity contribution is 6.00. The van der Waals surface area contributed by atoms with Crippen molar-refractivity contribution in [2.24, 2.45) is 0 Å². The third-order valence-electron chi connectivity index (χ3n) is 4.84. The van der Waals surface area contributed by atoms with Crippen molar-refractivity contribution >= 4 is 17.5 Å². The molecule has 0 saturated carbocycles. The summed E-state index contributed by atoms with van der Waals surface area (Å²) in [6.45, 7) is 1.80. The number of benzene rings is 2. The van der Waals surface area contributed by atoms with E-state index in [4.69, 9.17) is 0 Å². The maximum Gasteiger partial charge on any atom is 0.291 e. The monoisotopic (exact) mass is 393 g/mol. The fourth-order valence-electron chi connectivity index (χ4n) is 3.42. The van der Waals surface area contributed by atoms with Crippen molar-refractivity contribution in [1.29, 1.82) is 0 Å². The van der Waals surface area contributed by atoms with Gasteiger partial charge in [0.05, 0.1) is 5.69 Å². The van der Waals surface area contributed by atoms with Gasteiger partial charge in [0.2, 0.25) is 11.7 Å². The third-order valence-corrected chi connectivity index (χ3v) is 4.84. The lowest BCUT2D eigenvalue weighted by Crippen LogP contribution is -2.43. The summed E-state index contributed by atoms with van der Waals surface area (Å²) in [5.74, 6) is -0.966. The molecule has 4 rings (SSSR count). The quantitative estimate of drug-likeness (QED) is 0.634. The number of aryl methyl sites for hydroxylation is 2. The van der Waals surface area contributed by atoms with Crippen molar-refractivity contribution in [3.63, 3.8) is 0 Å². The molecule has 3 aromatic rings. The molecule has 8 heteroatoms. The molecule has 3 N–H and O–H groups in total. The maximum absolute atomic E-state index is 14.2. The molecule has 2 aromatic carbocycles. The first kappa shape index (κ1) is 18.8. The van der Waals surface area contributed by atoms with E-state index < -0.39 is 23.7 Å². The van der Waals surface area contributed by atoms with E-state index in [2.05, 4.69) is 25.8 Å². The van der Waals surface area contributed by atoms with E-state index in [1.54, 1.807) is 6.92 Å². The first-order valence-corrected chi connectivity index (χ1v) is 9.35. The summed E-state index contributed by atoms with van der Waals surface area (Å²) in [6.07, 6.45) is 1.33. The summed E-state index contributed by atoms with van der Waals surface area (Å²) in [6, 6.07) is 12.1. The number of halogens is 1. The summed E-state index contributed by atoms with van der Waals surface area (Å²) in [7, 11) is 0. The summed E-state index contributed by atoms with van der Waals surface area (Å²) in [5.41, 5.74) is 2.72. The van der Waals surface area contributed by atoms with Crippen LogP contribution in [0.3, 0.4) is 0 Å². The molecule has 148 valence electrons. The van der Waals surface area contributed by atoms with Crippen LogP contribution in [0.1, 0.15) is 39.6 Å². The van der Waals surface area contributed by atoms with E-state index in [1.165, 1.54) is 6.07 Å². The Labute approximate surface area is 166 Å². The zero-order valence-electron chi connectivity index (χ0n) is 15.8. The largest absolute Gasteiger partial charge is 0.337 e. The minimum Gasteiger partial charge on any atom is -0.337 e. The molecule has 7 nitrogen and oxygen atoms in total. The van der Waals surface area contributed by atoms with E-state index >= 15 is 0 Å². The smallest absolute Gasteiger partial charge is 0.291 e. The van der Waals surface area contributed by atoms with Crippen molar-refractivity contribution in [3.8, 4) is 0 Å². The summed E-state index contributed by atoms with van der Waals surface area (Å²) < 4.78 is 14.2. The summed E-state index contributed by atoms with van der Waals surface area (Å²) >= 11 is 0. The van der Waals surface area contributed by atoms with Crippen molar-refractivity contribution in [3.05, 3.63) is 76.6 Å². The first-order chi connectivity index (χ1) is 14.0. The molecule has 1 atom stereocenters. The molecular weight excluding hydrogens is 373 g/mol. The number of fused-ring (bicyclic) bond motifs is 1. The molecule has 0 bridgehead atoms. The Morgan fingerprint density at radius 3 is 2.86 bits per heavy atom. The van der Waals surface area contributed by atoms with Crippen LogP contribution in [0.25, 0.3) is 0 Å². The molecule has 0 saturated heterocycles. The lowest BCUT2D eigenvalue weighted by molar-refractivity contribution is -0.118. The van der Waals surface area contributed by atoms with Gasteiger partial charge >= 0.3 is 0 Å². The average molecular weight is 393 g/mol. The molecule has 2 amide bonds. The molecule has 2 heterocycles. The number of hydrogen-bond acceptors (Lipinski definition) is 4. The number of carbonyl (C=O) groups is 2. The lowest BCUT2D eigenvalue weighted by atomic mass is 10.0. The van der Waals surface area contributed by atoms with Gasteiger partial charge in [-0.2, -0.15) is 0 Å². The zero-order valence-corrected chi connectivity index (χ0v) is 15.8. The Morgan fingerprint density at radius 2 is 2.07 bits per heavy atom. The fraction of sp³-hybridized carbons (Fsp3) is 0.238. The second-order valence-electron chi connectivity index (χ2n) is 7.10. The molecule has 0 fully saturated rings. The molecule has 1 aliphatic heterocycles. The number of aromatic amines is 1. The minimum atomic E-state index is -0.800. The van der Waals surface area contributed by atoms with Crippen LogP contribution in [0.15, 0.2) is 42.5 Å². The van der Waals surface area contributed by atoms with Crippen LogP contribution < -0.4 is 10.6 Å². The van der Waals surface area contributed by atoms with Crippen molar-refractivity contribution in [1.82, 2.24) is 20.5 Å². The lowest BCUT2D eigenvalue weighted by Gasteiger charge is -2.14. The Morgan fingerprint density at radius 1 is 1.28 bits per heavy atom. The molecular formula is C21H20FN5O2. The van der Waals surface area contributed by atoms with Gasteiger partial charge in [-0.05, 0) is 42.5 Å². The number of nitrogens with one attached hydrogen (secondary N) is 3. The Bertz CT molecular complexity index is 1060. The van der Waals surface area contributed by atoms with Crippen molar-refractivity contribution in [2.75, 3.05) is 5.32 Å². The van der Waals surface area contributed by atoms with Gasteiger partial charge < -0.3 is 10.6 Å². The second-order valence-corrected chi connectivity index (χ2v) is 7.10. The number of anilines is 1. The van der Waals surface area contributed by atoms with Gasteiger partial charge in [0.15, 0.2) is 0 Å². The van der Waals surface area contributed by atoms with Gasteiger partial charge in [0, 0.05) is 6.42 Å². The van der Waals surface area contributed by atoms with Gasteiger partial charge in [-0.3, -0.25) is 14.7 Å². The Kier molecular flexibility index (Phi) is 5.07. The third kappa shape index (κ3) is 4.16. The molecule has 1 aliphatic rings. The molecule has 1 aromatic heterocycles. The number of aromatic nitrogens is 3. The van der Waals surface area contributed by atoms with E-state index in [0.29, 0.717) is 25.1 Å². The molecule has 0 radical (unpaired) electrons. The van der Waals surface area contributed by atoms with E-state index in [0.717, 1.165) is 16.7 Å². The second kappa shape index (κ2) is 7.83. The number of amides is 2. The Balaban J connectivity index is 1.44. The van der Waals surface area contributed by atoms with Crippen LogP contribution in [0.4, 0.5) is 10.1 Å². The van der Waals surface area contributed by atoms with Crippen LogP contribution in [-0.2, 0) is 17.6 Å². The minimum absolute atomic E-state index is 0.0347. The van der Waals surface area contributed by atoms with Crippen LogP contribution in [0.5, 0.6) is 0 Å². The van der Waals surface area contributed by atoms with Gasteiger partial charge in [-0.15, -0.1) is 5.10 Å². The highest BCUT2D eigenvalue weighted by Gasteiger charge is 2.28. The molecule has 0 aliphatic carbocycles. The summed E-state index contributed by atoms with van der Waals surface area (Å²) in [4.78, 5) is 29.2. The van der Waals surface area contributed by atoms with Gasteiger partial charge in [-0.1, -0.05) is 36.4 Å². The maximum atomic E-state index is 14.2. The number of nitrogens with zero attached hydrogens (tertiary/aromatic N) is 2. The topological polar surface area (TPSA) is 99.8 Å². The number of H-pyrrole nitrogens is 1. The number of carbonyl (C=O) groups excluding carboxylic acids is 2. The van der Waals surface area contributed by atoms with Gasteiger partial charge in [0.25, 0.3) is 5.91 Å². The SMILES string of the molecule is Cc1cc(F)c2c(c1)CC[C@@H](NC(=O)c1n[nH]c(Cc3ccccc3)n1)C(=O)N2. The van der Waals surface area contributed by atoms with E-state index in [1.807, 2.05) is 36.4 Å². The fourth-order valence-corrected chi connectivity index (χ4v) is 3.42. The molecule has 29 heavy (non-hydrogen) atoms. The van der Waals surface area contributed by atoms with E-state index in [-0.39, 0.29) is 11.5 Å². The first-order valence-electron chi connectivity index (χ1n) is 9.35. The number of hydrogen-bond donors (Lipinski definition) is 3. The van der Waals surface area contributed by atoms with Crippen LogP contribution >= 0.6 is 0 Å². The predicted octanol–water partition coefficient (Wildman–Crippen LogP) is 2.53. The predicted molar refractivity (Wildman–Crippen MR) is 105 cm³/mol. The van der Waals surface area contributed by atoms with Crippen LogP contribution in [-0.4, -0.2) is 33.0 Å². The standard InChI is InChI=1S/C21H20FN5O2/c1-12-9-14-7-8-16(20(28)25-18(14)15(22)10-12)23-21(29)19-24-17(26-27-19)11-13-5-3-2-4-6-13/h2-6,9-10,16H,7-8,11H2,1H3,(H,23,29)(H,25,28)(H,24,26,27)/t16-/m1/s1. The molecule has 0 unspecified atom stereocenters. The average Bonchev–Trinajstić information content (AvgIpc) is 3.10. The number of rotatable bonds is 4. The highest BCUT2D eigenvalue weighted by Crippen LogP contribution is 2.26. The molecule has 0 spiro atoms. The highest BCUT2D eigenvalue weighted by atomic mass is 19.1. The van der Waals surface area contributed by atoms with Crippen LogP contribution in [0.2, 0.25) is 0 Å².